The predicted octanol–water partition coefficient (Wildman–Crippen LogP) is 9.19. The highest BCUT2D eigenvalue weighted by Crippen LogP contribution is 2.22. The van der Waals surface area contributed by atoms with Crippen molar-refractivity contribution in [3.05, 3.63) is 104 Å². The van der Waals surface area contributed by atoms with Gasteiger partial charge >= 0.3 is 18.3 Å². The minimum Gasteiger partial charge on any atom is -0.478 e. The maximum absolute atomic E-state index is 12.0. The lowest BCUT2D eigenvalue weighted by Gasteiger charge is -2.04. The first-order valence-electron chi connectivity index (χ1n) is 10.2. The number of carbonyl (C=O) groups is 4. The van der Waals surface area contributed by atoms with Gasteiger partial charge in [0.2, 0.25) is 9.23 Å². The minimum atomic E-state index is -4.94. The number of aromatic carboxylic acids is 1. The zero-order valence-corrected chi connectivity index (χ0v) is 26.2. The fourth-order valence-corrected chi connectivity index (χ4v) is 2.93. The van der Waals surface area contributed by atoms with E-state index < -0.39 is 55.5 Å². The summed E-state index contributed by atoms with van der Waals surface area (Å²) in [5, 5.41) is 7.68. The standard InChI is InChI=1S/C9H4ClF3O2.C9H5F3O3.C6H4Br2.Cl2OS/c10-8(15)6-3-1-5(2-4-6)7(14)9(11,12)13;10-9(11,12)7(13)5-1-3-6(4-2-5)8(14)15;7-5-1-2-6(8)4-3-5;1-4(2)3/h1-4H;1-4H,(H,14,15);1-4H;. The molecule has 0 aliphatic rings. The van der Waals surface area contributed by atoms with E-state index in [2.05, 4.69) is 53.2 Å². The van der Waals surface area contributed by atoms with Crippen LogP contribution in [0.5, 0.6) is 0 Å². The molecule has 3 rings (SSSR count). The van der Waals surface area contributed by atoms with Gasteiger partial charge in [-0.1, -0.05) is 56.1 Å². The molecule has 0 heterocycles. The SMILES string of the molecule is Brc1ccc(Br)cc1.O=C(Cl)c1ccc(C(=O)C(F)(F)F)cc1.O=C(O)c1ccc(C(=O)C(F)(F)F)cc1.O=S(Cl)Cl. The Kier molecular flexibility index (Phi) is 17.4. The molecule has 18 heteroatoms. The van der Waals surface area contributed by atoms with Gasteiger partial charge in [0.05, 0.1) is 5.56 Å². The quantitative estimate of drug-likeness (QED) is 0.160. The van der Waals surface area contributed by atoms with Crippen molar-refractivity contribution in [2.45, 2.75) is 12.4 Å². The highest BCUT2D eigenvalue weighted by Gasteiger charge is 2.39. The van der Waals surface area contributed by atoms with Crippen LogP contribution in [0.2, 0.25) is 0 Å². The van der Waals surface area contributed by atoms with Crippen LogP contribution in [0.4, 0.5) is 26.3 Å². The summed E-state index contributed by atoms with van der Waals surface area (Å²) in [7, 11) is 7.36. The first kappa shape index (κ1) is 39.7. The Bertz CT molecular complexity index is 1280. The second-order valence-electron chi connectivity index (χ2n) is 7.01. The fourth-order valence-electron chi connectivity index (χ4n) is 2.27. The van der Waals surface area contributed by atoms with E-state index in [4.69, 9.17) is 20.9 Å². The number of hydrogen-bond acceptors (Lipinski definition) is 5. The van der Waals surface area contributed by atoms with Crippen molar-refractivity contribution >= 4 is 96.8 Å². The molecule has 0 fully saturated rings. The number of carbonyl (C=O) groups excluding carboxylic acids is 3. The van der Waals surface area contributed by atoms with Crippen LogP contribution in [0.3, 0.4) is 0 Å². The molecule has 0 saturated heterocycles. The van der Waals surface area contributed by atoms with Crippen LogP contribution in [-0.2, 0) is 9.23 Å². The molecule has 0 spiro atoms. The summed E-state index contributed by atoms with van der Waals surface area (Å²) in [6.07, 6.45) is -9.85. The molecule has 42 heavy (non-hydrogen) atoms. The van der Waals surface area contributed by atoms with Gasteiger partial charge < -0.3 is 5.11 Å². The summed E-state index contributed by atoms with van der Waals surface area (Å²) < 4.78 is 82.9. The van der Waals surface area contributed by atoms with E-state index in [0.717, 1.165) is 57.5 Å². The fraction of sp³-hybridized carbons (Fsp3) is 0.0833. The van der Waals surface area contributed by atoms with E-state index in [0.29, 0.717) is 0 Å². The van der Waals surface area contributed by atoms with E-state index in [-0.39, 0.29) is 11.1 Å². The van der Waals surface area contributed by atoms with Gasteiger partial charge in [0, 0.05) is 47.0 Å². The van der Waals surface area contributed by atoms with Crippen molar-refractivity contribution in [1.82, 2.24) is 0 Å². The molecule has 0 radical (unpaired) electrons. The van der Waals surface area contributed by atoms with Crippen LogP contribution in [0.1, 0.15) is 41.4 Å². The molecule has 0 aliphatic heterocycles. The van der Waals surface area contributed by atoms with Crippen LogP contribution in [0.25, 0.3) is 0 Å². The van der Waals surface area contributed by atoms with Crippen molar-refractivity contribution in [3.8, 4) is 0 Å². The molecular weight excluding hydrogens is 796 g/mol. The summed E-state index contributed by atoms with van der Waals surface area (Å²) in [6, 6.07) is 15.5. The van der Waals surface area contributed by atoms with Crippen LogP contribution in [-0.4, -0.2) is 44.4 Å². The van der Waals surface area contributed by atoms with Crippen LogP contribution in [0, 0.1) is 0 Å². The van der Waals surface area contributed by atoms with Crippen molar-refractivity contribution in [2.75, 3.05) is 0 Å². The number of carboxylic acid groups (broad SMARTS) is 1. The zero-order chi connectivity index (χ0) is 32.8. The summed E-state index contributed by atoms with van der Waals surface area (Å²) in [5.74, 6) is -5.20. The third-order valence-corrected chi connectivity index (χ3v) is 5.36. The normalized spacial score (nSPS) is 10.6. The lowest BCUT2D eigenvalue weighted by molar-refractivity contribution is -0.0888. The molecule has 228 valence electrons. The Hall–Kier alpha value is -2.30. The summed E-state index contributed by atoms with van der Waals surface area (Å²) in [6.45, 7) is 0. The van der Waals surface area contributed by atoms with Gasteiger partial charge in [-0.2, -0.15) is 26.3 Å². The topological polar surface area (TPSA) is 106 Å². The molecule has 0 bridgehead atoms. The minimum absolute atomic E-state index is 0.0374. The van der Waals surface area contributed by atoms with Crippen molar-refractivity contribution in [3.63, 3.8) is 0 Å². The van der Waals surface area contributed by atoms with E-state index in [9.17, 15) is 45.5 Å². The lowest BCUT2D eigenvalue weighted by atomic mass is 10.1. The number of rotatable bonds is 4. The maximum Gasteiger partial charge on any atom is 0.454 e. The van der Waals surface area contributed by atoms with Gasteiger partial charge in [0.25, 0.3) is 16.8 Å². The second kappa shape index (κ2) is 18.4. The molecule has 6 nitrogen and oxygen atoms in total. The van der Waals surface area contributed by atoms with E-state index in [1.807, 2.05) is 24.3 Å². The number of halogens is 11. The van der Waals surface area contributed by atoms with E-state index in [1.165, 1.54) is 0 Å². The van der Waals surface area contributed by atoms with Gasteiger partial charge in [0.1, 0.15) is 0 Å². The lowest BCUT2D eigenvalue weighted by Crippen LogP contribution is -2.22. The number of carboxylic acids is 1. The molecular formula is C24H13Br2Cl3F6O6S. The van der Waals surface area contributed by atoms with Gasteiger partial charge in [-0.25, -0.2) is 9.00 Å². The van der Waals surface area contributed by atoms with Gasteiger partial charge in [-0.3, -0.25) is 14.4 Å². The number of Topliss-reactive ketones (excluding diaryl/α,β-unsaturated/α-hetero) is 2. The number of benzene rings is 3. The molecule has 3 aromatic rings. The average molecular weight is 810 g/mol. The molecule has 0 amide bonds. The monoisotopic (exact) mass is 806 g/mol. The Morgan fingerprint density at radius 3 is 1.05 bits per heavy atom. The zero-order valence-electron chi connectivity index (χ0n) is 20.0. The van der Waals surface area contributed by atoms with Crippen molar-refractivity contribution in [2.24, 2.45) is 0 Å². The largest absolute Gasteiger partial charge is 0.478 e. The number of alkyl halides is 6. The van der Waals surface area contributed by atoms with Gasteiger partial charge in [-0.05, 0) is 60.1 Å². The van der Waals surface area contributed by atoms with E-state index >= 15 is 0 Å². The van der Waals surface area contributed by atoms with Crippen LogP contribution < -0.4 is 0 Å². The van der Waals surface area contributed by atoms with Crippen molar-refractivity contribution in [1.29, 1.82) is 0 Å². The molecule has 0 unspecified atom stereocenters. The Morgan fingerprint density at radius 2 is 0.833 bits per heavy atom. The molecule has 3 aromatic carbocycles. The van der Waals surface area contributed by atoms with Gasteiger partial charge in [0.15, 0.2) is 0 Å². The summed E-state index contributed by atoms with van der Waals surface area (Å²) >= 11 is 11.7. The first-order chi connectivity index (χ1) is 19.2. The molecule has 0 aromatic heterocycles. The maximum atomic E-state index is 12.0. The molecule has 0 saturated carbocycles. The van der Waals surface area contributed by atoms with Crippen LogP contribution >= 0.6 is 64.8 Å². The Labute approximate surface area is 266 Å². The molecule has 0 aliphatic carbocycles. The summed E-state index contributed by atoms with van der Waals surface area (Å²) in [4.78, 5) is 42.3. The second-order valence-corrected chi connectivity index (χ2v) is 11.7. The van der Waals surface area contributed by atoms with Gasteiger partial charge in [-0.15, -0.1) is 0 Å². The average Bonchev–Trinajstić information content (AvgIpc) is 2.89. The molecule has 0 atom stereocenters. The Morgan fingerprint density at radius 1 is 0.595 bits per heavy atom. The van der Waals surface area contributed by atoms with Crippen LogP contribution in [0.15, 0.2) is 81.7 Å². The highest BCUT2D eigenvalue weighted by atomic mass is 79.9. The third kappa shape index (κ3) is 16.4. The smallest absolute Gasteiger partial charge is 0.454 e. The first-order valence-corrected chi connectivity index (χ1v) is 14.9. The highest BCUT2D eigenvalue weighted by molar-refractivity contribution is 9.11. The summed E-state index contributed by atoms with van der Waals surface area (Å²) in [5.41, 5.74) is -1.24. The number of hydrogen-bond donors (Lipinski definition) is 1. The van der Waals surface area contributed by atoms with E-state index in [1.54, 1.807) is 0 Å². The number of ketones is 2. The predicted molar refractivity (Wildman–Crippen MR) is 152 cm³/mol. The van der Waals surface area contributed by atoms with Crippen molar-refractivity contribution < 1.29 is 54.8 Å². The third-order valence-electron chi connectivity index (χ3n) is 4.09. The molecule has 1 N–H and O–H groups in total. The Balaban J connectivity index is 0.000000584.